The molecule has 0 saturated carbocycles. The van der Waals surface area contributed by atoms with Crippen LogP contribution < -0.4 is 10.6 Å². The first-order valence-electron chi connectivity index (χ1n) is 17.1. The van der Waals surface area contributed by atoms with Crippen LogP contribution in [0.4, 0.5) is 0 Å². The van der Waals surface area contributed by atoms with E-state index in [0.29, 0.717) is 32.5 Å². The number of fused-ring (bicyclic) bond motifs is 1. The normalized spacial score (nSPS) is 17.6. The van der Waals surface area contributed by atoms with Crippen LogP contribution in [0.1, 0.15) is 73.7 Å². The average Bonchev–Trinajstić information content (AvgIpc) is 3.54. The van der Waals surface area contributed by atoms with Crippen molar-refractivity contribution >= 4 is 22.8 Å². The lowest BCUT2D eigenvalue weighted by Gasteiger charge is -2.36. The first kappa shape index (κ1) is 34.0. The lowest BCUT2D eigenvalue weighted by atomic mass is 9.98. The fraction of sp³-hybridized carbons (Fsp3) is 0.325. The highest BCUT2D eigenvalue weighted by atomic mass is 16.7. The molecule has 2 heterocycles. The fourth-order valence-corrected chi connectivity index (χ4v) is 6.27. The van der Waals surface area contributed by atoms with Gasteiger partial charge in [-0.25, -0.2) is 4.98 Å². The summed E-state index contributed by atoms with van der Waals surface area (Å²) >= 11 is 0. The summed E-state index contributed by atoms with van der Waals surface area (Å²) in [6, 6.07) is 32.5. The topological polar surface area (TPSA) is 115 Å². The van der Waals surface area contributed by atoms with E-state index in [1.165, 1.54) is 6.92 Å². The third-order valence-corrected chi connectivity index (χ3v) is 8.91. The molecule has 1 saturated heterocycles. The molecule has 3 N–H and O–H groups in total. The lowest BCUT2D eigenvalue weighted by molar-refractivity contribution is -0.252. The van der Waals surface area contributed by atoms with Crippen LogP contribution >= 0.6 is 0 Å². The quantitative estimate of drug-likeness (QED) is 0.114. The van der Waals surface area contributed by atoms with Gasteiger partial charge in [-0.2, -0.15) is 0 Å². The number of aliphatic hydroxyl groups is 1. The minimum Gasteiger partial charge on any atom is -0.392 e. The first-order chi connectivity index (χ1) is 23.9. The summed E-state index contributed by atoms with van der Waals surface area (Å²) in [4.78, 5) is 28.0. The van der Waals surface area contributed by atoms with Crippen molar-refractivity contribution in [1.29, 1.82) is 0 Å². The average molecular weight is 661 g/mol. The zero-order chi connectivity index (χ0) is 34.0. The number of imidazole rings is 1. The maximum Gasteiger partial charge on any atom is 0.220 e. The van der Waals surface area contributed by atoms with Gasteiger partial charge in [0.2, 0.25) is 11.8 Å². The Labute approximate surface area is 287 Å². The standard InChI is InChI=1S/C40H44N4O5/c1-28(46)41-20-6-2-3-15-39(47)42-24-30-9-7-10-32(21-30)33-11-8-12-34(22-33)40-48-35(25-44-27-43-36-13-4-5-14-37(36)44)23-38(49-40)31-18-16-29(26-45)17-19-31/h4-5,7-14,16-19,21-22,27,35,38,40,45H,2-3,6,15,20,23-26H2,1H3,(H,41,46)(H,42,47). The van der Waals surface area contributed by atoms with Crippen LogP contribution in [0.5, 0.6) is 0 Å². The van der Waals surface area contributed by atoms with Gasteiger partial charge in [0.15, 0.2) is 6.29 Å². The summed E-state index contributed by atoms with van der Waals surface area (Å²) in [5.41, 5.74) is 7.93. The van der Waals surface area contributed by atoms with Crippen molar-refractivity contribution in [1.82, 2.24) is 20.2 Å². The molecule has 1 aliphatic rings. The second-order valence-electron chi connectivity index (χ2n) is 12.6. The number of hydrogen-bond acceptors (Lipinski definition) is 6. The van der Waals surface area contributed by atoms with Gasteiger partial charge in [-0.1, -0.05) is 79.2 Å². The largest absolute Gasteiger partial charge is 0.392 e. The van der Waals surface area contributed by atoms with Crippen LogP contribution in [0, 0.1) is 0 Å². The van der Waals surface area contributed by atoms with E-state index < -0.39 is 6.29 Å². The highest BCUT2D eigenvalue weighted by molar-refractivity contribution is 5.76. The molecule has 3 atom stereocenters. The number of rotatable bonds is 14. The van der Waals surface area contributed by atoms with Gasteiger partial charge in [0, 0.05) is 38.4 Å². The predicted octanol–water partition coefficient (Wildman–Crippen LogP) is 6.75. The van der Waals surface area contributed by atoms with Crippen molar-refractivity contribution < 1.29 is 24.2 Å². The van der Waals surface area contributed by atoms with E-state index in [2.05, 4.69) is 50.5 Å². The van der Waals surface area contributed by atoms with Crippen LogP contribution in [0.3, 0.4) is 0 Å². The van der Waals surface area contributed by atoms with E-state index in [0.717, 1.165) is 63.7 Å². The van der Waals surface area contributed by atoms with Gasteiger partial charge in [-0.05, 0) is 64.9 Å². The Balaban J connectivity index is 1.14. The number of para-hydroxylation sites is 2. The van der Waals surface area contributed by atoms with E-state index in [1.54, 1.807) is 0 Å². The van der Waals surface area contributed by atoms with Gasteiger partial charge >= 0.3 is 0 Å². The van der Waals surface area contributed by atoms with E-state index in [1.807, 2.05) is 73.1 Å². The molecule has 9 heteroatoms. The number of nitrogens with one attached hydrogen (secondary N) is 2. The Bertz CT molecular complexity index is 1850. The Kier molecular flexibility index (Phi) is 11.5. The summed E-state index contributed by atoms with van der Waals surface area (Å²) in [5, 5.41) is 15.4. The Morgan fingerprint density at radius 2 is 1.63 bits per heavy atom. The van der Waals surface area contributed by atoms with Crippen LogP contribution in [0.15, 0.2) is 103 Å². The molecule has 1 fully saturated rings. The third-order valence-electron chi connectivity index (χ3n) is 8.91. The van der Waals surface area contributed by atoms with E-state index in [-0.39, 0.29) is 30.6 Å². The van der Waals surface area contributed by atoms with Crippen molar-refractivity contribution in [2.24, 2.45) is 0 Å². The molecule has 1 aromatic heterocycles. The van der Waals surface area contributed by atoms with Gasteiger partial charge in [0.1, 0.15) is 0 Å². The molecule has 1 aliphatic heterocycles. The maximum atomic E-state index is 12.5. The van der Waals surface area contributed by atoms with E-state index >= 15 is 0 Å². The van der Waals surface area contributed by atoms with Crippen molar-refractivity contribution in [3.63, 3.8) is 0 Å². The molecule has 49 heavy (non-hydrogen) atoms. The zero-order valence-corrected chi connectivity index (χ0v) is 27.9. The molecule has 2 amide bonds. The summed E-state index contributed by atoms with van der Waals surface area (Å²) in [6.45, 7) is 3.24. The monoisotopic (exact) mass is 660 g/mol. The first-order valence-corrected chi connectivity index (χ1v) is 17.1. The summed E-state index contributed by atoms with van der Waals surface area (Å²) in [7, 11) is 0. The third kappa shape index (κ3) is 9.20. The molecular formula is C40H44N4O5. The van der Waals surface area contributed by atoms with Crippen molar-refractivity contribution in [3.05, 3.63) is 126 Å². The minimum absolute atomic E-state index is 0.00361. The van der Waals surface area contributed by atoms with Gasteiger partial charge < -0.3 is 29.8 Å². The number of carbonyl (C=O) groups excluding carboxylic acids is 2. The molecule has 0 spiro atoms. The molecule has 3 unspecified atom stereocenters. The summed E-state index contributed by atoms with van der Waals surface area (Å²) in [6.07, 6.45) is 4.65. The number of unbranched alkanes of at least 4 members (excludes halogenated alkanes) is 2. The van der Waals surface area contributed by atoms with Crippen molar-refractivity contribution in [3.8, 4) is 11.1 Å². The number of aliphatic hydroxyl groups excluding tert-OH is 1. The molecule has 0 bridgehead atoms. The number of hydrogen-bond donors (Lipinski definition) is 3. The highest BCUT2D eigenvalue weighted by Gasteiger charge is 2.33. The molecule has 254 valence electrons. The maximum absolute atomic E-state index is 12.5. The molecule has 9 nitrogen and oxygen atoms in total. The van der Waals surface area contributed by atoms with Gasteiger partial charge in [-0.3, -0.25) is 9.59 Å². The number of ether oxygens (including phenoxy) is 2. The van der Waals surface area contributed by atoms with E-state index in [9.17, 15) is 14.7 Å². The predicted molar refractivity (Wildman–Crippen MR) is 189 cm³/mol. The van der Waals surface area contributed by atoms with Crippen molar-refractivity contribution in [2.75, 3.05) is 6.54 Å². The number of amides is 2. The summed E-state index contributed by atoms with van der Waals surface area (Å²) < 4.78 is 15.4. The smallest absolute Gasteiger partial charge is 0.220 e. The van der Waals surface area contributed by atoms with Gasteiger partial charge in [0.05, 0.1) is 42.7 Å². The SMILES string of the molecule is CC(=O)NCCCCCC(=O)NCc1cccc(-c2cccc(C3OC(Cn4cnc5ccccc54)CC(c4ccc(CO)cc4)O3)c2)c1. The second-order valence-corrected chi connectivity index (χ2v) is 12.6. The van der Waals surface area contributed by atoms with Crippen LogP contribution in [0.2, 0.25) is 0 Å². The van der Waals surface area contributed by atoms with Crippen molar-refractivity contribution in [2.45, 2.75) is 77.2 Å². The van der Waals surface area contributed by atoms with Crippen LogP contribution in [-0.4, -0.2) is 39.1 Å². The molecule has 6 rings (SSSR count). The Morgan fingerprint density at radius 3 is 2.45 bits per heavy atom. The van der Waals surface area contributed by atoms with Gasteiger partial charge in [0.25, 0.3) is 0 Å². The number of carbonyl (C=O) groups is 2. The lowest BCUT2D eigenvalue weighted by Crippen LogP contribution is -2.32. The molecule has 0 aliphatic carbocycles. The number of benzene rings is 4. The Hall–Kier alpha value is -4.83. The Morgan fingerprint density at radius 1 is 0.837 bits per heavy atom. The van der Waals surface area contributed by atoms with Gasteiger partial charge in [-0.15, -0.1) is 0 Å². The highest BCUT2D eigenvalue weighted by Crippen LogP contribution is 2.39. The fourth-order valence-electron chi connectivity index (χ4n) is 6.27. The molecular weight excluding hydrogens is 616 g/mol. The second kappa shape index (κ2) is 16.5. The number of aromatic nitrogens is 2. The van der Waals surface area contributed by atoms with Crippen LogP contribution in [-0.2, 0) is 38.8 Å². The molecule has 4 aromatic carbocycles. The number of nitrogens with zero attached hydrogens (tertiary/aromatic N) is 2. The summed E-state index contributed by atoms with van der Waals surface area (Å²) in [5.74, 6) is -0.000890. The molecule has 5 aromatic rings. The molecule has 0 radical (unpaired) electrons. The van der Waals surface area contributed by atoms with Crippen LogP contribution in [0.25, 0.3) is 22.2 Å². The zero-order valence-electron chi connectivity index (χ0n) is 27.9. The van der Waals surface area contributed by atoms with E-state index in [4.69, 9.17) is 9.47 Å². The minimum atomic E-state index is -0.586.